The smallest absolute Gasteiger partial charge is 0.337 e. The Morgan fingerprint density at radius 3 is 2.45 bits per heavy atom. The van der Waals surface area contributed by atoms with Crippen LogP contribution in [0.25, 0.3) is 0 Å². The molecule has 4 nitrogen and oxygen atoms in total. The molecule has 0 unspecified atom stereocenters. The van der Waals surface area contributed by atoms with E-state index in [-0.39, 0.29) is 11.4 Å². The van der Waals surface area contributed by atoms with Crippen molar-refractivity contribution in [3.63, 3.8) is 0 Å². The second kappa shape index (κ2) is 5.69. The summed E-state index contributed by atoms with van der Waals surface area (Å²) in [4.78, 5) is 14.7. The number of halogens is 1. The lowest BCUT2D eigenvalue weighted by atomic mass is 10.1. The second-order valence-corrected chi connectivity index (χ2v) is 4.63. The van der Waals surface area contributed by atoms with Crippen LogP contribution in [0.2, 0.25) is 0 Å². The second-order valence-electron chi connectivity index (χ2n) is 4.63. The van der Waals surface area contributed by atoms with Gasteiger partial charge in [-0.2, -0.15) is 0 Å². The molecule has 0 aliphatic rings. The fourth-order valence-corrected chi connectivity index (χ4v) is 1.96. The number of nitrogens with one attached hydrogen (secondary N) is 1. The molecular formula is C15H15FN2O2. The maximum atomic E-state index is 13.5. The van der Waals surface area contributed by atoms with Crippen LogP contribution in [0.4, 0.5) is 10.2 Å². The monoisotopic (exact) mass is 274 g/mol. The molecule has 0 radical (unpaired) electrons. The summed E-state index contributed by atoms with van der Waals surface area (Å²) in [5, 5.41) is 11.8. The third kappa shape index (κ3) is 3.12. The highest BCUT2D eigenvalue weighted by molar-refractivity contribution is 5.87. The van der Waals surface area contributed by atoms with E-state index in [2.05, 4.69) is 10.3 Å². The molecule has 0 atom stereocenters. The fourth-order valence-electron chi connectivity index (χ4n) is 1.96. The van der Waals surface area contributed by atoms with E-state index in [1.54, 1.807) is 32.0 Å². The Hall–Kier alpha value is -2.43. The summed E-state index contributed by atoms with van der Waals surface area (Å²) >= 11 is 0. The molecule has 2 aromatic rings. The van der Waals surface area contributed by atoms with Crippen LogP contribution in [0.5, 0.6) is 0 Å². The number of pyridine rings is 1. The van der Waals surface area contributed by atoms with Crippen molar-refractivity contribution in [1.82, 2.24) is 4.98 Å². The third-order valence-electron chi connectivity index (χ3n) is 2.98. The number of carboxylic acid groups (broad SMARTS) is 1. The summed E-state index contributed by atoms with van der Waals surface area (Å²) < 4.78 is 13.5. The Kier molecular flexibility index (Phi) is 3.98. The first-order valence-electron chi connectivity index (χ1n) is 6.16. The zero-order valence-electron chi connectivity index (χ0n) is 11.3. The molecule has 2 rings (SSSR count). The zero-order chi connectivity index (χ0) is 14.7. The van der Waals surface area contributed by atoms with E-state index < -0.39 is 5.97 Å². The van der Waals surface area contributed by atoms with Gasteiger partial charge in [0.2, 0.25) is 0 Å². The van der Waals surface area contributed by atoms with E-state index in [1.165, 1.54) is 12.3 Å². The van der Waals surface area contributed by atoms with Crippen molar-refractivity contribution >= 4 is 11.8 Å². The summed E-state index contributed by atoms with van der Waals surface area (Å²) in [6.45, 7) is 3.96. The Balaban J connectivity index is 2.07. The first-order chi connectivity index (χ1) is 9.47. The Morgan fingerprint density at radius 2 is 1.95 bits per heavy atom. The number of rotatable bonds is 4. The molecule has 1 aromatic heterocycles. The van der Waals surface area contributed by atoms with Gasteiger partial charge >= 0.3 is 5.97 Å². The lowest BCUT2D eigenvalue weighted by molar-refractivity contribution is 0.0696. The van der Waals surface area contributed by atoms with Crippen molar-refractivity contribution in [1.29, 1.82) is 0 Å². The average Bonchev–Trinajstić information content (AvgIpc) is 2.42. The Morgan fingerprint density at radius 1 is 1.30 bits per heavy atom. The van der Waals surface area contributed by atoms with Crippen molar-refractivity contribution < 1.29 is 14.3 Å². The van der Waals surface area contributed by atoms with Gasteiger partial charge in [0.1, 0.15) is 11.6 Å². The van der Waals surface area contributed by atoms with E-state index >= 15 is 0 Å². The average molecular weight is 274 g/mol. The SMILES string of the molecule is Cc1cc(CNc2ccc(C(=O)O)cn2)cc(C)c1F. The summed E-state index contributed by atoms with van der Waals surface area (Å²) in [5.74, 6) is -0.610. The fraction of sp³-hybridized carbons (Fsp3) is 0.200. The standard InChI is InChI=1S/C15H15FN2O2/c1-9-5-11(6-10(2)14(9)16)7-17-13-4-3-12(8-18-13)15(19)20/h3-6,8H,7H2,1-2H3,(H,17,18)(H,19,20). The molecule has 1 heterocycles. The van der Waals surface area contributed by atoms with Crippen molar-refractivity contribution in [2.45, 2.75) is 20.4 Å². The number of hydrogen-bond donors (Lipinski definition) is 2. The van der Waals surface area contributed by atoms with Gasteiger partial charge in [-0.25, -0.2) is 14.2 Å². The lowest BCUT2D eigenvalue weighted by Crippen LogP contribution is -2.04. The summed E-state index contributed by atoms with van der Waals surface area (Å²) in [5.41, 5.74) is 2.31. The van der Waals surface area contributed by atoms with Crippen LogP contribution < -0.4 is 5.32 Å². The van der Waals surface area contributed by atoms with Gasteiger partial charge in [0, 0.05) is 12.7 Å². The predicted molar refractivity (Wildman–Crippen MR) is 74.4 cm³/mol. The Labute approximate surface area is 116 Å². The molecular weight excluding hydrogens is 259 g/mol. The number of carbonyl (C=O) groups is 1. The molecule has 2 N–H and O–H groups in total. The first-order valence-corrected chi connectivity index (χ1v) is 6.16. The predicted octanol–water partition coefficient (Wildman–Crippen LogP) is 3.15. The number of aryl methyl sites for hydroxylation is 2. The quantitative estimate of drug-likeness (QED) is 0.899. The van der Waals surface area contributed by atoms with Gasteiger partial charge in [0.15, 0.2) is 0 Å². The van der Waals surface area contributed by atoms with Crippen molar-refractivity contribution in [2.24, 2.45) is 0 Å². The highest BCUT2D eigenvalue weighted by Gasteiger charge is 2.05. The summed E-state index contributed by atoms with van der Waals surface area (Å²) in [7, 11) is 0. The van der Waals surface area contributed by atoms with E-state index in [4.69, 9.17) is 5.11 Å². The van der Waals surface area contributed by atoms with Crippen molar-refractivity contribution in [3.8, 4) is 0 Å². The van der Waals surface area contributed by atoms with Gasteiger partial charge in [-0.15, -0.1) is 0 Å². The normalized spacial score (nSPS) is 10.3. The van der Waals surface area contributed by atoms with E-state index in [0.29, 0.717) is 23.5 Å². The van der Waals surface area contributed by atoms with E-state index in [9.17, 15) is 9.18 Å². The Bertz CT molecular complexity index is 616. The highest BCUT2D eigenvalue weighted by Crippen LogP contribution is 2.16. The molecule has 20 heavy (non-hydrogen) atoms. The maximum absolute atomic E-state index is 13.5. The van der Waals surface area contributed by atoms with Crippen molar-refractivity contribution in [2.75, 3.05) is 5.32 Å². The van der Waals surface area contributed by atoms with Crippen LogP contribution in [0.3, 0.4) is 0 Å². The number of nitrogens with zero attached hydrogens (tertiary/aromatic N) is 1. The molecule has 104 valence electrons. The number of aromatic carboxylic acids is 1. The first kappa shape index (κ1) is 14.0. The van der Waals surface area contributed by atoms with E-state index in [0.717, 1.165) is 5.56 Å². The largest absolute Gasteiger partial charge is 0.478 e. The summed E-state index contributed by atoms with van der Waals surface area (Å²) in [6.07, 6.45) is 1.30. The van der Waals surface area contributed by atoms with Crippen LogP contribution in [0.15, 0.2) is 30.5 Å². The number of carboxylic acids is 1. The molecule has 0 spiro atoms. The van der Waals surface area contributed by atoms with Crippen LogP contribution in [-0.4, -0.2) is 16.1 Å². The highest BCUT2D eigenvalue weighted by atomic mass is 19.1. The minimum absolute atomic E-state index is 0.143. The third-order valence-corrected chi connectivity index (χ3v) is 2.98. The molecule has 0 bridgehead atoms. The topological polar surface area (TPSA) is 62.2 Å². The number of anilines is 1. The number of benzene rings is 1. The molecule has 0 fully saturated rings. The maximum Gasteiger partial charge on any atom is 0.337 e. The molecule has 0 saturated carbocycles. The molecule has 5 heteroatoms. The number of hydrogen-bond acceptors (Lipinski definition) is 3. The molecule has 0 saturated heterocycles. The van der Waals surface area contributed by atoms with E-state index in [1.807, 2.05) is 0 Å². The molecule has 1 aromatic carbocycles. The minimum Gasteiger partial charge on any atom is -0.478 e. The number of aromatic nitrogens is 1. The van der Waals surface area contributed by atoms with Gasteiger partial charge in [-0.05, 0) is 42.7 Å². The van der Waals surface area contributed by atoms with Crippen molar-refractivity contribution in [3.05, 3.63) is 58.5 Å². The molecule has 0 aliphatic heterocycles. The van der Waals surface area contributed by atoms with Crippen LogP contribution in [0.1, 0.15) is 27.0 Å². The summed E-state index contributed by atoms with van der Waals surface area (Å²) in [6, 6.07) is 6.65. The zero-order valence-corrected chi connectivity index (χ0v) is 11.3. The molecule has 0 aliphatic carbocycles. The molecule has 0 amide bonds. The van der Waals surface area contributed by atoms with Gasteiger partial charge in [0.05, 0.1) is 5.56 Å². The lowest BCUT2D eigenvalue weighted by Gasteiger charge is -2.09. The van der Waals surface area contributed by atoms with Gasteiger partial charge in [0.25, 0.3) is 0 Å². The van der Waals surface area contributed by atoms with Gasteiger partial charge in [-0.3, -0.25) is 0 Å². The van der Waals surface area contributed by atoms with Gasteiger partial charge in [-0.1, -0.05) is 12.1 Å². The van der Waals surface area contributed by atoms with Gasteiger partial charge < -0.3 is 10.4 Å². The minimum atomic E-state index is -1.01. The van der Waals surface area contributed by atoms with Crippen LogP contribution >= 0.6 is 0 Å². The van der Waals surface area contributed by atoms with Crippen LogP contribution in [0, 0.1) is 19.7 Å². The van der Waals surface area contributed by atoms with Crippen LogP contribution in [-0.2, 0) is 6.54 Å².